The van der Waals surface area contributed by atoms with Crippen LogP contribution in [0.5, 0.6) is 5.75 Å². The minimum absolute atomic E-state index is 0.105. The Morgan fingerprint density at radius 3 is 2.38 bits per heavy atom. The third kappa shape index (κ3) is 4.26. The normalized spacial score (nSPS) is 9.96. The Balaban J connectivity index is 2.38. The summed E-state index contributed by atoms with van der Waals surface area (Å²) in [6.45, 7) is 1.37. The van der Waals surface area contributed by atoms with Crippen LogP contribution in [-0.2, 0) is 4.79 Å². The van der Waals surface area contributed by atoms with Crippen molar-refractivity contribution in [1.82, 2.24) is 0 Å². The lowest BCUT2D eigenvalue weighted by Crippen LogP contribution is -2.15. The minimum Gasteiger partial charge on any atom is -0.495 e. The zero-order chi connectivity index (χ0) is 19.3. The number of amides is 2. The van der Waals surface area contributed by atoms with Gasteiger partial charge in [0.25, 0.3) is 11.6 Å². The third-order valence-electron chi connectivity index (χ3n) is 3.50. The lowest BCUT2D eigenvalue weighted by atomic mass is 10.1. The quantitative estimate of drug-likeness (QED) is 0.539. The van der Waals surface area contributed by atoms with Gasteiger partial charge in [-0.3, -0.25) is 19.7 Å². The molecule has 26 heavy (non-hydrogen) atoms. The van der Waals surface area contributed by atoms with E-state index in [9.17, 15) is 19.7 Å². The molecule has 3 N–H and O–H groups in total. The standard InChI is InChI=1S/C17H18N4O5/c1-10(22)19-11-4-7-16(26-3)15(8-11)20-17(23)13-9-12(21(24)25)5-6-14(13)18-2/h4-9,18H,1-3H3,(H,19,22)(H,20,23). The molecule has 0 aliphatic carbocycles. The van der Waals surface area contributed by atoms with Crippen molar-refractivity contribution in [1.29, 1.82) is 0 Å². The fraction of sp³-hybridized carbons (Fsp3) is 0.176. The number of hydrogen-bond acceptors (Lipinski definition) is 6. The first-order valence-corrected chi connectivity index (χ1v) is 7.59. The molecule has 0 aliphatic rings. The fourth-order valence-electron chi connectivity index (χ4n) is 2.33. The third-order valence-corrected chi connectivity index (χ3v) is 3.50. The van der Waals surface area contributed by atoms with Crippen LogP contribution < -0.4 is 20.7 Å². The first-order chi connectivity index (χ1) is 12.3. The van der Waals surface area contributed by atoms with Crippen molar-refractivity contribution >= 4 is 34.6 Å². The van der Waals surface area contributed by atoms with E-state index in [2.05, 4.69) is 16.0 Å². The van der Waals surface area contributed by atoms with Gasteiger partial charge in [0.15, 0.2) is 0 Å². The molecule has 0 bridgehead atoms. The van der Waals surface area contributed by atoms with Gasteiger partial charge in [0, 0.05) is 37.5 Å². The molecule has 9 heteroatoms. The predicted octanol–water partition coefficient (Wildman–Crippen LogP) is 2.86. The molecule has 9 nitrogen and oxygen atoms in total. The molecular formula is C17H18N4O5. The number of carbonyl (C=O) groups is 2. The molecule has 0 saturated carbocycles. The fourth-order valence-corrected chi connectivity index (χ4v) is 2.33. The number of benzene rings is 2. The largest absolute Gasteiger partial charge is 0.495 e. The maximum Gasteiger partial charge on any atom is 0.270 e. The Morgan fingerprint density at radius 2 is 1.81 bits per heavy atom. The van der Waals surface area contributed by atoms with E-state index in [0.29, 0.717) is 22.8 Å². The summed E-state index contributed by atoms with van der Waals surface area (Å²) in [6.07, 6.45) is 0. The number of hydrogen-bond donors (Lipinski definition) is 3. The van der Waals surface area contributed by atoms with E-state index in [-0.39, 0.29) is 17.2 Å². The SMILES string of the molecule is CNc1ccc([N+](=O)[O-])cc1C(=O)Nc1cc(NC(C)=O)ccc1OC. The molecule has 0 saturated heterocycles. The Morgan fingerprint density at radius 1 is 1.08 bits per heavy atom. The summed E-state index contributed by atoms with van der Waals surface area (Å²) in [7, 11) is 3.05. The van der Waals surface area contributed by atoms with Gasteiger partial charge in [-0.05, 0) is 24.3 Å². The summed E-state index contributed by atoms with van der Waals surface area (Å²) < 4.78 is 5.21. The van der Waals surface area contributed by atoms with E-state index in [1.165, 1.54) is 38.3 Å². The van der Waals surface area contributed by atoms with Crippen LogP contribution in [0.2, 0.25) is 0 Å². The van der Waals surface area contributed by atoms with Crippen molar-refractivity contribution in [2.75, 3.05) is 30.1 Å². The Labute approximate surface area is 149 Å². The van der Waals surface area contributed by atoms with Crippen LogP contribution in [0.15, 0.2) is 36.4 Å². The molecule has 2 rings (SSSR count). The van der Waals surface area contributed by atoms with E-state index in [4.69, 9.17) is 4.74 Å². The second kappa shape index (κ2) is 7.97. The van der Waals surface area contributed by atoms with Gasteiger partial charge >= 0.3 is 0 Å². The number of nitro benzene ring substituents is 1. The van der Waals surface area contributed by atoms with Crippen molar-refractivity contribution < 1.29 is 19.2 Å². The zero-order valence-electron chi connectivity index (χ0n) is 14.5. The maximum atomic E-state index is 12.7. The van der Waals surface area contributed by atoms with Crippen LogP contribution in [0.25, 0.3) is 0 Å². The lowest BCUT2D eigenvalue weighted by Gasteiger charge is -2.14. The molecule has 136 valence electrons. The van der Waals surface area contributed by atoms with Crippen LogP contribution >= 0.6 is 0 Å². The molecule has 0 aliphatic heterocycles. The number of non-ortho nitro benzene ring substituents is 1. The van der Waals surface area contributed by atoms with Crippen LogP contribution in [0.4, 0.5) is 22.7 Å². The van der Waals surface area contributed by atoms with Gasteiger partial charge in [0.2, 0.25) is 5.91 Å². The van der Waals surface area contributed by atoms with Crippen LogP contribution in [0.3, 0.4) is 0 Å². The summed E-state index contributed by atoms with van der Waals surface area (Å²) in [4.78, 5) is 34.3. The van der Waals surface area contributed by atoms with Gasteiger partial charge in [0.05, 0.1) is 23.3 Å². The molecule has 2 aromatic carbocycles. The first-order valence-electron chi connectivity index (χ1n) is 7.59. The Hall–Kier alpha value is -3.62. The molecule has 0 unspecified atom stereocenters. The number of carbonyl (C=O) groups excluding carboxylic acids is 2. The van der Waals surface area contributed by atoms with Gasteiger partial charge in [-0.1, -0.05) is 0 Å². The van der Waals surface area contributed by atoms with Crippen molar-refractivity contribution in [3.8, 4) is 5.75 Å². The molecule has 0 heterocycles. The molecule has 2 aromatic rings. The number of nitrogens with zero attached hydrogens (tertiary/aromatic N) is 1. The second-order valence-corrected chi connectivity index (χ2v) is 5.29. The zero-order valence-corrected chi connectivity index (χ0v) is 14.5. The molecule has 2 amide bonds. The Kier molecular flexibility index (Phi) is 5.74. The predicted molar refractivity (Wildman–Crippen MR) is 97.9 cm³/mol. The van der Waals surface area contributed by atoms with E-state index < -0.39 is 10.8 Å². The molecule has 0 aromatic heterocycles. The maximum absolute atomic E-state index is 12.7. The summed E-state index contributed by atoms with van der Waals surface area (Å²) in [5.41, 5.74) is 1.13. The molecule has 0 spiro atoms. The highest BCUT2D eigenvalue weighted by atomic mass is 16.6. The van der Waals surface area contributed by atoms with Gasteiger partial charge in [-0.2, -0.15) is 0 Å². The average molecular weight is 358 g/mol. The second-order valence-electron chi connectivity index (χ2n) is 5.29. The highest BCUT2D eigenvalue weighted by Crippen LogP contribution is 2.30. The van der Waals surface area contributed by atoms with Crippen molar-refractivity contribution in [2.24, 2.45) is 0 Å². The number of nitrogens with one attached hydrogen (secondary N) is 3. The van der Waals surface area contributed by atoms with E-state index in [0.717, 1.165) is 0 Å². The van der Waals surface area contributed by atoms with Crippen molar-refractivity contribution in [2.45, 2.75) is 6.92 Å². The van der Waals surface area contributed by atoms with Gasteiger partial charge in [0.1, 0.15) is 5.75 Å². The van der Waals surface area contributed by atoms with Crippen LogP contribution in [-0.4, -0.2) is 30.9 Å². The number of ether oxygens (including phenoxy) is 1. The van der Waals surface area contributed by atoms with E-state index in [1.54, 1.807) is 19.2 Å². The highest BCUT2D eigenvalue weighted by Gasteiger charge is 2.18. The number of methoxy groups -OCH3 is 1. The van der Waals surface area contributed by atoms with Crippen LogP contribution in [0.1, 0.15) is 17.3 Å². The van der Waals surface area contributed by atoms with Gasteiger partial charge in [-0.25, -0.2) is 0 Å². The number of nitro groups is 1. The highest BCUT2D eigenvalue weighted by molar-refractivity contribution is 6.09. The molecule has 0 atom stereocenters. The molecule has 0 fully saturated rings. The molecule has 0 radical (unpaired) electrons. The monoisotopic (exact) mass is 358 g/mol. The topological polar surface area (TPSA) is 123 Å². The summed E-state index contributed by atoms with van der Waals surface area (Å²) in [5, 5.41) is 19.1. The summed E-state index contributed by atoms with van der Waals surface area (Å²) >= 11 is 0. The number of rotatable bonds is 6. The lowest BCUT2D eigenvalue weighted by molar-refractivity contribution is -0.384. The van der Waals surface area contributed by atoms with Gasteiger partial charge in [-0.15, -0.1) is 0 Å². The Bertz CT molecular complexity index is 866. The average Bonchev–Trinajstić information content (AvgIpc) is 2.60. The summed E-state index contributed by atoms with van der Waals surface area (Å²) in [6, 6.07) is 8.70. The van der Waals surface area contributed by atoms with Crippen molar-refractivity contribution in [3.63, 3.8) is 0 Å². The van der Waals surface area contributed by atoms with E-state index in [1.807, 2.05) is 0 Å². The minimum atomic E-state index is -0.575. The van der Waals surface area contributed by atoms with Gasteiger partial charge < -0.3 is 20.7 Å². The first kappa shape index (κ1) is 18.7. The molecular weight excluding hydrogens is 340 g/mol. The van der Waals surface area contributed by atoms with E-state index >= 15 is 0 Å². The van der Waals surface area contributed by atoms with Crippen molar-refractivity contribution in [3.05, 3.63) is 52.1 Å². The van der Waals surface area contributed by atoms with Crippen LogP contribution in [0, 0.1) is 10.1 Å². The number of anilines is 3. The smallest absolute Gasteiger partial charge is 0.270 e. The summed E-state index contributed by atoms with van der Waals surface area (Å²) in [5.74, 6) is -0.441.